The summed E-state index contributed by atoms with van der Waals surface area (Å²) in [4.78, 5) is 40.1. The zero-order chi connectivity index (χ0) is 60.8. The van der Waals surface area contributed by atoms with Gasteiger partial charge in [0.05, 0.1) is 73.5 Å². The van der Waals surface area contributed by atoms with E-state index in [9.17, 15) is 39.9 Å². The van der Waals surface area contributed by atoms with Gasteiger partial charge in [0, 0.05) is 51.0 Å². The minimum absolute atomic E-state index is 0.0202. The summed E-state index contributed by atoms with van der Waals surface area (Å²) in [5.74, 6) is -4.70. The summed E-state index contributed by atoms with van der Waals surface area (Å²) in [6, 6.07) is -2.61. The number of fused-ring (bicyclic) bond motifs is 6. The van der Waals surface area contributed by atoms with E-state index >= 15 is 0 Å². The number of carbonyl (C=O) groups excluding carboxylic acids is 3. The lowest BCUT2D eigenvalue weighted by Gasteiger charge is -2.49. The summed E-state index contributed by atoms with van der Waals surface area (Å²) in [6.45, 7) is 18.0. The van der Waals surface area contributed by atoms with Crippen molar-refractivity contribution in [3.05, 3.63) is 110 Å². The van der Waals surface area contributed by atoms with Crippen molar-refractivity contribution in [3.8, 4) is 0 Å². The van der Waals surface area contributed by atoms with E-state index in [1.807, 2.05) is 81.9 Å². The summed E-state index contributed by atoms with van der Waals surface area (Å²) in [6.07, 6.45) is 14.4. The molecule has 0 radical (unpaired) electrons. The van der Waals surface area contributed by atoms with Crippen molar-refractivity contribution < 1.29 is 92.0 Å². The second-order valence-corrected chi connectivity index (χ2v) is 30.1. The number of alkyl carbamates (subject to hydrolysis) is 1. The molecule has 0 saturated carbocycles. The number of nitrogens with one attached hydrogen (secondary N) is 1. The van der Waals surface area contributed by atoms with E-state index in [0.29, 0.717) is 12.8 Å². The Morgan fingerprint density at radius 2 is 1.27 bits per heavy atom. The smallest absolute Gasteiger partial charge is 0.407 e. The van der Waals surface area contributed by atoms with Gasteiger partial charge in [0.15, 0.2) is 24.1 Å². The van der Waals surface area contributed by atoms with Crippen LogP contribution >= 0.6 is 33.1 Å². The zero-order valence-electron chi connectivity index (χ0n) is 48.8. The van der Waals surface area contributed by atoms with Crippen LogP contribution in [-0.2, 0) is 61.7 Å². The summed E-state index contributed by atoms with van der Waals surface area (Å²) in [5.41, 5.74) is 0. The van der Waals surface area contributed by atoms with Gasteiger partial charge in [-0.2, -0.15) is 0 Å². The Morgan fingerprint density at radius 1 is 0.687 bits per heavy atom. The van der Waals surface area contributed by atoms with E-state index < -0.39 is 143 Å². The topological polar surface area (TPSA) is 266 Å². The predicted molar refractivity (Wildman–Crippen MR) is 324 cm³/mol. The van der Waals surface area contributed by atoms with Crippen molar-refractivity contribution in [2.24, 2.45) is 17.8 Å². The van der Waals surface area contributed by atoms with Gasteiger partial charge in [0.25, 0.3) is 0 Å². The molecule has 6 bridgehead atoms. The summed E-state index contributed by atoms with van der Waals surface area (Å²) < 4.78 is 67.8. The van der Waals surface area contributed by atoms with Crippen molar-refractivity contribution in [1.29, 1.82) is 0 Å². The molecule has 0 aromatic carbocycles. The number of allylic oxidation sites excluding steroid dienone is 12. The van der Waals surface area contributed by atoms with Gasteiger partial charge in [-0.1, -0.05) is 124 Å². The third kappa shape index (κ3) is 22.3. The Bertz CT molecular complexity index is 2270. The first kappa shape index (κ1) is 70.8. The second kappa shape index (κ2) is 35.8. The highest BCUT2D eigenvalue weighted by atomic mass is 32.0. The molecule has 6 N–H and O–H groups in total. The summed E-state index contributed by atoms with van der Waals surface area (Å²) in [7, 11) is 5.14. The standard InChI is InChI=1S/C59H91NO19P4/c1-10-28-70-54(67)49-45(62)35-59(69-7)34-43-32-46(78-58(77-43)83(9)81)44(61)27-26-41-30-42(76-57(75-41)82(8)80)33-48(63)72-38(5)37(4)51(64)36(3)24-22-20-18-16-14-12-13-15-17-19-21-23-25-40(31-47(49)79-59)74-55-53(66)50(52(65)39(6)73-55)60-56(68)71-29-11-2/h10-25,36-47,49-53,55,57-58,61-62,64-66H,1-2,26-35,80-81H2,3-9H3,(H,60,68)/b13-12+,16-14+,17-15+,20-18+,21-19+,24-22+,25-23+/t36-,37-,38-,39+,40-,41+,42+,43-,44+,45-,46+,47-,49+,50-,51+,52+,53-,55-,57?,58?,59+,82?,83?/m0/s1. The van der Waals surface area contributed by atoms with Crippen LogP contribution in [-0.4, -0.2) is 187 Å². The van der Waals surface area contributed by atoms with Crippen molar-refractivity contribution in [2.75, 3.05) is 33.7 Å². The number of cyclic esters (lactones) is 1. The molecular formula is C59H91NO19P4. The molecule has 0 aliphatic carbocycles. The molecule has 5 aliphatic rings. The van der Waals surface area contributed by atoms with Gasteiger partial charge in [0.1, 0.15) is 37.4 Å². The summed E-state index contributed by atoms with van der Waals surface area (Å²) in [5, 5.41) is 60.5. The van der Waals surface area contributed by atoms with Crippen LogP contribution in [0.1, 0.15) is 79.1 Å². The molecule has 466 valence electrons. The average Bonchev–Trinajstić information content (AvgIpc) is 3.33. The summed E-state index contributed by atoms with van der Waals surface area (Å²) >= 11 is 0. The van der Waals surface area contributed by atoms with E-state index in [1.54, 1.807) is 44.2 Å². The molecule has 6 unspecified atom stereocenters. The number of carbonyl (C=O) groups is 3. The normalized spacial score (nSPS) is 41.8. The van der Waals surface area contributed by atoms with Crippen molar-refractivity contribution in [2.45, 2.75) is 189 Å². The van der Waals surface area contributed by atoms with Gasteiger partial charge in [-0.3, -0.25) is 9.59 Å². The van der Waals surface area contributed by atoms with E-state index in [-0.39, 0.29) is 69.7 Å². The molecule has 83 heavy (non-hydrogen) atoms. The van der Waals surface area contributed by atoms with Crippen molar-refractivity contribution in [1.82, 2.24) is 5.32 Å². The lowest BCUT2D eigenvalue weighted by Crippen LogP contribution is -2.64. The molecule has 5 rings (SSSR count). The number of ether oxygens (including phenoxy) is 11. The number of hydrogen-bond donors (Lipinski definition) is 6. The molecule has 4 fully saturated rings. The first-order valence-electron chi connectivity index (χ1n) is 28.3. The molecule has 0 aromatic rings. The maximum absolute atomic E-state index is 14.0. The lowest BCUT2D eigenvalue weighted by molar-refractivity contribution is -0.326. The molecule has 0 spiro atoms. The number of hydrogen-bond acceptors (Lipinski definition) is 19. The Labute approximate surface area is 496 Å². The van der Waals surface area contributed by atoms with E-state index in [1.165, 1.54) is 19.3 Å². The average molecular weight is 1240 g/mol. The van der Waals surface area contributed by atoms with Crippen LogP contribution < -0.4 is 5.32 Å². The fraction of sp³-hybridized carbons (Fsp3) is 0.644. The zero-order valence-corrected chi connectivity index (χ0v) is 52.9. The van der Waals surface area contributed by atoms with Crippen molar-refractivity contribution in [3.63, 3.8) is 0 Å². The van der Waals surface area contributed by atoms with Crippen LogP contribution in [0.2, 0.25) is 0 Å². The number of rotatable bonds is 11. The number of esters is 2. The Morgan fingerprint density at radius 3 is 1.88 bits per heavy atom. The number of amides is 1. The van der Waals surface area contributed by atoms with Crippen LogP contribution in [0.25, 0.3) is 0 Å². The van der Waals surface area contributed by atoms with Crippen LogP contribution in [0.15, 0.2) is 110 Å². The van der Waals surface area contributed by atoms with E-state index in [4.69, 9.17) is 52.1 Å². The van der Waals surface area contributed by atoms with Crippen LogP contribution in [0, 0.1) is 17.8 Å². The van der Waals surface area contributed by atoms with Gasteiger partial charge >= 0.3 is 18.0 Å². The third-order valence-corrected chi connectivity index (χ3v) is 18.3. The Kier molecular flexibility index (Phi) is 30.5. The Balaban J connectivity index is 1.49. The van der Waals surface area contributed by atoms with Gasteiger partial charge < -0.3 is 83.0 Å². The highest BCUT2D eigenvalue weighted by Crippen LogP contribution is 2.52. The predicted octanol–water partition coefficient (Wildman–Crippen LogP) is 7.46. The van der Waals surface area contributed by atoms with Gasteiger partial charge in [-0.05, 0) is 55.2 Å². The molecule has 4 saturated heterocycles. The van der Waals surface area contributed by atoms with Crippen molar-refractivity contribution >= 4 is 51.1 Å². The molecule has 5 aliphatic heterocycles. The molecular weight excluding hydrogens is 1150 g/mol. The maximum atomic E-state index is 14.0. The SMILES string of the molecule is C=CCOC(=O)N[C@@H]1[C@H](O)[C@H](O[C@H]2/C=C/C=C/C=C/C=C/C=C/C=C/C=C/[C@H](C)[C@@H](O)[C@@H](C)[C@H](C)OC(=O)C[C@H]3C[C@@H](CC[C@@H](O)[C@H]4C[C@@H](C[C@]5(OC)C[C@H](O)[C@@H](C(=O)OCC=C)[C@H](C2)O5)OC(P(C)P)O4)OC(P(C)P)O3)O[C@H](C)[C@H]1O. The highest BCUT2D eigenvalue weighted by Gasteiger charge is 2.54. The number of methoxy groups -OCH3 is 1. The monoisotopic (exact) mass is 1240 g/mol. The van der Waals surface area contributed by atoms with E-state index in [2.05, 4.69) is 36.3 Å². The third-order valence-electron chi connectivity index (χ3n) is 15.1. The minimum atomic E-state index is -1.63. The van der Waals surface area contributed by atoms with Crippen LogP contribution in [0.5, 0.6) is 0 Å². The van der Waals surface area contributed by atoms with Gasteiger partial charge in [-0.25, -0.2) is 4.79 Å². The van der Waals surface area contributed by atoms with Crippen LogP contribution in [0.3, 0.4) is 0 Å². The number of aliphatic hydroxyl groups is 5. The first-order valence-corrected chi connectivity index (χ1v) is 35.2. The second-order valence-electron chi connectivity index (χ2n) is 21.7. The van der Waals surface area contributed by atoms with Gasteiger partial charge in [-0.15, -0.1) is 17.9 Å². The molecule has 1 amide bonds. The number of aliphatic hydroxyl groups excluding tert-OH is 5. The fourth-order valence-corrected chi connectivity index (χ4v) is 12.6. The molecule has 25 atom stereocenters. The van der Waals surface area contributed by atoms with Crippen LogP contribution in [0.4, 0.5) is 4.79 Å². The first-order chi connectivity index (χ1) is 39.6. The highest BCUT2D eigenvalue weighted by molar-refractivity contribution is 8.13. The fourth-order valence-electron chi connectivity index (χ4n) is 10.3. The molecule has 24 heteroatoms. The molecule has 5 heterocycles. The quantitative estimate of drug-likeness (QED) is 0.0507. The minimum Gasteiger partial charge on any atom is -0.462 e. The Hall–Kier alpha value is -2.93. The lowest BCUT2D eigenvalue weighted by atomic mass is 9.82. The molecule has 0 aromatic heterocycles. The van der Waals surface area contributed by atoms with Gasteiger partial charge in [0.2, 0.25) is 0 Å². The maximum Gasteiger partial charge on any atom is 0.407 e. The molecule has 20 nitrogen and oxygen atoms in total. The largest absolute Gasteiger partial charge is 0.462 e. The van der Waals surface area contributed by atoms with E-state index in [0.717, 1.165) is 0 Å².